The van der Waals surface area contributed by atoms with Gasteiger partial charge < -0.3 is 9.74 Å². The Morgan fingerprint density at radius 2 is 2.00 bits per heavy atom. The number of anilines is 1. The molecule has 0 radical (unpaired) electrons. The molecule has 2 aliphatic rings. The molecule has 0 amide bonds. The van der Waals surface area contributed by atoms with Gasteiger partial charge in [-0.05, 0) is 18.2 Å². The highest BCUT2D eigenvalue weighted by Gasteiger charge is 2.45. The van der Waals surface area contributed by atoms with Gasteiger partial charge in [0.25, 0.3) is 0 Å². The first-order valence-electron chi connectivity index (χ1n) is 6.63. The lowest BCUT2D eigenvalue weighted by Crippen LogP contribution is -2.37. The summed E-state index contributed by atoms with van der Waals surface area (Å²) in [5.41, 5.74) is -1.91. The molecule has 124 valence electrons. The van der Waals surface area contributed by atoms with Crippen LogP contribution in [0.5, 0.6) is 0 Å². The van der Waals surface area contributed by atoms with Crippen LogP contribution in [-0.4, -0.2) is 46.7 Å². The minimum Gasteiger partial charge on any atom is -0.362 e. The Hall–Kier alpha value is -1.68. The summed E-state index contributed by atoms with van der Waals surface area (Å²) >= 11 is 1.26. The third-order valence-corrected chi connectivity index (χ3v) is 5.72. The second-order valence-corrected chi connectivity index (χ2v) is 7.68. The molecule has 0 bridgehead atoms. The lowest BCUT2D eigenvalue weighted by molar-refractivity contribution is -0.136. The Morgan fingerprint density at radius 3 is 2.65 bits per heavy atom. The quantitative estimate of drug-likeness (QED) is 0.596. The average Bonchev–Trinajstić information content (AvgIpc) is 3.08. The van der Waals surface area contributed by atoms with E-state index in [-0.39, 0.29) is 0 Å². The molecule has 1 fully saturated rings. The smallest absolute Gasteiger partial charge is 0.362 e. The van der Waals surface area contributed by atoms with Crippen LogP contribution in [0.3, 0.4) is 0 Å². The zero-order valence-corrected chi connectivity index (χ0v) is 13.3. The Labute approximate surface area is 135 Å². The molecular weight excluding hydrogens is 353 g/mol. The van der Waals surface area contributed by atoms with Gasteiger partial charge in [0.15, 0.2) is 5.71 Å². The average molecular weight is 364 g/mol. The molecule has 1 saturated heterocycles. The maximum atomic E-state index is 12.8. The van der Waals surface area contributed by atoms with Gasteiger partial charge in [-0.1, -0.05) is 5.16 Å². The van der Waals surface area contributed by atoms with Crippen molar-refractivity contribution in [1.82, 2.24) is 0 Å². The summed E-state index contributed by atoms with van der Waals surface area (Å²) in [4.78, 5) is 18.1. The molecule has 3 rings (SSSR count). The molecule has 1 aromatic heterocycles. The van der Waals surface area contributed by atoms with E-state index >= 15 is 0 Å². The van der Waals surface area contributed by atoms with E-state index in [1.165, 1.54) is 11.3 Å². The summed E-state index contributed by atoms with van der Waals surface area (Å²) in [6.45, 7) is 1.28. The number of alkyl halides is 3. The van der Waals surface area contributed by atoms with Gasteiger partial charge in [-0.25, -0.2) is 4.79 Å². The molecule has 3 heterocycles. The number of carbonyl (C=O) groups is 1. The molecule has 0 unspecified atom stereocenters. The highest BCUT2D eigenvalue weighted by molar-refractivity contribution is 7.85. The molecule has 0 aliphatic carbocycles. The van der Waals surface area contributed by atoms with E-state index in [9.17, 15) is 22.2 Å². The Kier molecular flexibility index (Phi) is 4.28. The van der Waals surface area contributed by atoms with E-state index in [4.69, 9.17) is 0 Å². The maximum Gasteiger partial charge on any atom is 0.437 e. The summed E-state index contributed by atoms with van der Waals surface area (Å²) in [7, 11) is -0.802. The van der Waals surface area contributed by atoms with Crippen molar-refractivity contribution in [1.29, 1.82) is 0 Å². The number of nitrogens with zero attached hydrogens (tertiary/aromatic N) is 2. The number of rotatable bonds is 2. The van der Waals surface area contributed by atoms with Crippen molar-refractivity contribution < 1.29 is 27.0 Å². The number of halogens is 3. The molecule has 5 nitrogen and oxygen atoms in total. The number of hydrogen-bond acceptors (Lipinski definition) is 6. The highest BCUT2D eigenvalue weighted by atomic mass is 32.2. The molecule has 1 aromatic rings. The zero-order chi connectivity index (χ0) is 16.6. The minimum absolute atomic E-state index is 0.498. The first-order valence-corrected chi connectivity index (χ1v) is 8.93. The summed E-state index contributed by atoms with van der Waals surface area (Å²) in [6.07, 6.45) is -3.60. The fraction of sp³-hybridized carbons (Fsp3) is 0.385. The van der Waals surface area contributed by atoms with Crippen LogP contribution in [0.4, 0.5) is 18.2 Å². The molecule has 0 saturated carbocycles. The van der Waals surface area contributed by atoms with Crippen LogP contribution in [0, 0.1) is 0 Å². The monoisotopic (exact) mass is 364 g/mol. The van der Waals surface area contributed by atoms with Gasteiger partial charge in [-0.2, -0.15) is 13.2 Å². The fourth-order valence-electron chi connectivity index (χ4n) is 2.20. The van der Waals surface area contributed by atoms with E-state index in [0.717, 1.165) is 11.1 Å². The molecule has 0 N–H and O–H groups in total. The van der Waals surface area contributed by atoms with Crippen molar-refractivity contribution in [3.05, 3.63) is 22.6 Å². The normalized spacial score (nSPS) is 21.7. The molecular formula is C13H11F3N2O3S2. The Balaban J connectivity index is 1.82. The van der Waals surface area contributed by atoms with Crippen LogP contribution in [0.2, 0.25) is 0 Å². The van der Waals surface area contributed by atoms with Gasteiger partial charge in [0.05, 0.1) is 10.6 Å². The second kappa shape index (κ2) is 6.08. The van der Waals surface area contributed by atoms with E-state index in [0.29, 0.717) is 29.5 Å². The van der Waals surface area contributed by atoms with Crippen LogP contribution >= 0.6 is 11.3 Å². The standard InChI is InChI=1S/C13H11F3N2O3S2/c14-13(15,16)11-9(12(19)21-17-11)7-8-1-2-10(22-8)18-3-5-23(20)6-4-18/h1-2,7H,3-6H2. The number of hydrogen-bond donors (Lipinski definition) is 0. The predicted octanol–water partition coefficient (Wildman–Crippen LogP) is 2.18. The first-order chi connectivity index (χ1) is 10.8. The van der Waals surface area contributed by atoms with Crippen molar-refractivity contribution in [2.24, 2.45) is 5.16 Å². The Morgan fingerprint density at radius 1 is 1.30 bits per heavy atom. The lowest BCUT2D eigenvalue weighted by atomic mass is 10.1. The first kappa shape index (κ1) is 16.2. The largest absolute Gasteiger partial charge is 0.437 e. The van der Waals surface area contributed by atoms with Crippen molar-refractivity contribution in [3.63, 3.8) is 0 Å². The van der Waals surface area contributed by atoms with Crippen LogP contribution in [-0.2, 0) is 20.4 Å². The van der Waals surface area contributed by atoms with Crippen molar-refractivity contribution >= 4 is 44.9 Å². The van der Waals surface area contributed by atoms with Crippen LogP contribution in [0.25, 0.3) is 6.08 Å². The lowest BCUT2D eigenvalue weighted by Gasteiger charge is -2.26. The molecule has 10 heteroatoms. The van der Waals surface area contributed by atoms with Gasteiger partial charge in [-0.15, -0.1) is 11.3 Å². The molecule has 0 spiro atoms. The minimum atomic E-state index is -4.74. The number of oxime groups is 1. The predicted molar refractivity (Wildman–Crippen MR) is 82.0 cm³/mol. The van der Waals surface area contributed by atoms with Crippen LogP contribution < -0.4 is 4.90 Å². The maximum absolute atomic E-state index is 12.8. The summed E-state index contributed by atoms with van der Waals surface area (Å²) in [5, 5.41) is 3.67. The summed E-state index contributed by atoms with van der Waals surface area (Å²) in [6, 6.07) is 3.41. The molecule has 2 aliphatic heterocycles. The third-order valence-electron chi connectivity index (χ3n) is 3.35. The van der Waals surface area contributed by atoms with Crippen molar-refractivity contribution in [2.45, 2.75) is 6.18 Å². The fourth-order valence-corrected chi connectivity index (χ4v) is 4.26. The number of thiophene rings is 1. The van der Waals surface area contributed by atoms with Crippen LogP contribution in [0.1, 0.15) is 4.88 Å². The third kappa shape index (κ3) is 3.47. The van der Waals surface area contributed by atoms with Gasteiger partial charge in [0.1, 0.15) is 0 Å². The van der Waals surface area contributed by atoms with E-state index in [1.807, 2.05) is 4.90 Å². The van der Waals surface area contributed by atoms with E-state index < -0.39 is 34.2 Å². The van der Waals surface area contributed by atoms with E-state index in [1.54, 1.807) is 12.1 Å². The van der Waals surface area contributed by atoms with Gasteiger partial charge >= 0.3 is 12.1 Å². The van der Waals surface area contributed by atoms with E-state index in [2.05, 4.69) is 9.99 Å². The van der Waals surface area contributed by atoms with Gasteiger partial charge in [-0.3, -0.25) is 4.21 Å². The second-order valence-electron chi connectivity index (χ2n) is 4.89. The highest BCUT2D eigenvalue weighted by Crippen LogP contribution is 2.32. The van der Waals surface area contributed by atoms with Gasteiger partial charge in [0.2, 0.25) is 0 Å². The molecule has 0 aromatic carbocycles. The molecule has 23 heavy (non-hydrogen) atoms. The zero-order valence-electron chi connectivity index (χ0n) is 11.6. The Bertz CT molecular complexity index is 714. The topological polar surface area (TPSA) is 59.0 Å². The molecule has 0 atom stereocenters. The van der Waals surface area contributed by atoms with Crippen molar-refractivity contribution in [2.75, 3.05) is 29.5 Å². The van der Waals surface area contributed by atoms with Gasteiger partial charge in [0, 0.05) is 40.3 Å². The van der Waals surface area contributed by atoms with Crippen molar-refractivity contribution in [3.8, 4) is 0 Å². The summed E-state index contributed by atoms with van der Waals surface area (Å²) in [5.74, 6) is 0.0393. The SMILES string of the molecule is O=C1ON=C(C(F)(F)F)C1=Cc1ccc(N2CCS(=O)CC2)s1. The summed E-state index contributed by atoms with van der Waals surface area (Å²) < 4.78 is 49.7. The van der Waals surface area contributed by atoms with Crippen LogP contribution in [0.15, 0.2) is 22.9 Å². The number of carbonyl (C=O) groups excluding carboxylic acids is 1.